The van der Waals surface area contributed by atoms with Crippen LogP contribution in [0.2, 0.25) is 0 Å². The van der Waals surface area contributed by atoms with Crippen molar-refractivity contribution in [3.63, 3.8) is 0 Å². The average molecular weight is 458 g/mol. The molecule has 0 radical (unpaired) electrons. The van der Waals surface area contributed by atoms with E-state index < -0.39 is 0 Å². The summed E-state index contributed by atoms with van der Waals surface area (Å²) in [6.45, 7) is 2.64. The Bertz CT molecular complexity index is 1240. The third kappa shape index (κ3) is 3.96. The van der Waals surface area contributed by atoms with E-state index in [1.807, 2.05) is 73.5 Å². The minimum absolute atomic E-state index is 0.0282. The molecule has 2 aliphatic rings. The van der Waals surface area contributed by atoms with Crippen molar-refractivity contribution >= 4 is 46.0 Å². The number of benzene rings is 3. The Balaban J connectivity index is 1.51. The number of amidine groups is 1. The van der Waals surface area contributed by atoms with Gasteiger partial charge < -0.3 is 4.90 Å². The lowest BCUT2D eigenvalue weighted by atomic mass is 10.1. The molecule has 0 atom stereocenters. The van der Waals surface area contributed by atoms with Crippen molar-refractivity contribution in [1.82, 2.24) is 4.90 Å². The second-order valence-corrected chi connectivity index (χ2v) is 9.75. The summed E-state index contributed by atoms with van der Waals surface area (Å²) in [5, 5.41) is 1.72. The summed E-state index contributed by atoms with van der Waals surface area (Å²) in [6.07, 6.45) is 0.783. The summed E-state index contributed by atoms with van der Waals surface area (Å²) in [6, 6.07) is 26.6. The van der Waals surface area contributed by atoms with Gasteiger partial charge in [0.2, 0.25) is 0 Å². The van der Waals surface area contributed by atoms with Crippen LogP contribution in [0.4, 0.5) is 11.4 Å². The molecule has 32 heavy (non-hydrogen) atoms. The number of amides is 1. The molecular weight excluding hydrogens is 434 g/mol. The molecule has 1 saturated heterocycles. The quantitative estimate of drug-likeness (QED) is 0.436. The molecule has 0 saturated carbocycles. The van der Waals surface area contributed by atoms with Gasteiger partial charge in [-0.1, -0.05) is 72.4 Å². The molecule has 0 bridgehead atoms. The normalized spacial score (nSPS) is 19.2. The third-order valence-corrected chi connectivity index (χ3v) is 8.03. The number of hydrogen-bond acceptors (Lipinski definition) is 5. The zero-order valence-electron chi connectivity index (χ0n) is 18.0. The number of rotatable bonds is 4. The van der Waals surface area contributed by atoms with Gasteiger partial charge in [-0.05, 0) is 54.4 Å². The van der Waals surface area contributed by atoms with Gasteiger partial charge in [0.15, 0.2) is 5.17 Å². The monoisotopic (exact) mass is 457 g/mol. The van der Waals surface area contributed by atoms with Gasteiger partial charge in [-0.2, -0.15) is 0 Å². The van der Waals surface area contributed by atoms with E-state index in [-0.39, 0.29) is 5.91 Å². The zero-order valence-corrected chi connectivity index (χ0v) is 19.6. The van der Waals surface area contributed by atoms with Gasteiger partial charge in [-0.25, -0.2) is 4.99 Å². The highest BCUT2D eigenvalue weighted by atomic mass is 32.2. The molecular formula is C26H23N3OS2. The molecule has 2 heterocycles. The summed E-state index contributed by atoms with van der Waals surface area (Å²) in [7, 11) is 2.03. The van der Waals surface area contributed by atoms with E-state index >= 15 is 0 Å². The largest absolute Gasteiger partial charge is 0.337 e. The molecule has 4 nitrogen and oxygen atoms in total. The fraction of sp³-hybridized carbons (Fsp3) is 0.154. The number of hydrogen-bond donors (Lipinski definition) is 0. The Labute approximate surface area is 197 Å². The van der Waals surface area contributed by atoms with E-state index in [1.54, 1.807) is 11.8 Å². The maximum absolute atomic E-state index is 13.6. The van der Waals surface area contributed by atoms with E-state index in [1.165, 1.54) is 22.2 Å². The van der Waals surface area contributed by atoms with Crippen LogP contribution >= 0.6 is 23.5 Å². The van der Waals surface area contributed by atoms with Crippen LogP contribution in [0.5, 0.6) is 0 Å². The summed E-state index contributed by atoms with van der Waals surface area (Å²) < 4.78 is 0. The first-order valence-corrected chi connectivity index (χ1v) is 12.2. The van der Waals surface area contributed by atoms with Crippen molar-refractivity contribution in [3.8, 4) is 0 Å². The maximum atomic E-state index is 13.6. The Kier molecular flexibility index (Phi) is 5.81. The van der Waals surface area contributed by atoms with Gasteiger partial charge in [0.05, 0.1) is 16.4 Å². The van der Waals surface area contributed by atoms with Crippen LogP contribution in [-0.4, -0.2) is 29.6 Å². The van der Waals surface area contributed by atoms with Crippen LogP contribution in [0.1, 0.15) is 11.1 Å². The van der Waals surface area contributed by atoms with Crippen LogP contribution in [0.25, 0.3) is 0 Å². The first kappa shape index (κ1) is 20.9. The smallest absolute Gasteiger partial charge is 0.269 e. The number of fused-ring (bicyclic) bond motifs is 1. The first-order chi connectivity index (χ1) is 15.6. The second-order valence-electron chi connectivity index (χ2n) is 7.74. The molecule has 160 valence electrons. The average Bonchev–Trinajstić information content (AvgIpc) is 3.31. The van der Waals surface area contributed by atoms with Gasteiger partial charge in [0, 0.05) is 18.5 Å². The number of anilines is 1. The molecule has 5 rings (SSSR count). The number of para-hydroxylation sites is 2. The summed E-state index contributed by atoms with van der Waals surface area (Å²) in [4.78, 5) is 24.4. The lowest BCUT2D eigenvalue weighted by molar-refractivity contribution is -0.122. The number of aryl methyl sites for hydroxylation is 1. The van der Waals surface area contributed by atoms with Crippen molar-refractivity contribution in [2.75, 3.05) is 18.5 Å². The van der Waals surface area contributed by atoms with Crippen LogP contribution in [0, 0.1) is 6.92 Å². The minimum atomic E-state index is 0.0282. The van der Waals surface area contributed by atoms with Gasteiger partial charge in [0.25, 0.3) is 5.91 Å². The molecule has 3 aromatic rings. The van der Waals surface area contributed by atoms with Crippen LogP contribution in [0.3, 0.4) is 0 Å². The zero-order chi connectivity index (χ0) is 22.1. The van der Waals surface area contributed by atoms with E-state index in [0.29, 0.717) is 6.54 Å². The Morgan fingerprint density at radius 3 is 2.38 bits per heavy atom. The molecule has 2 aliphatic heterocycles. The van der Waals surface area contributed by atoms with Gasteiger partial charge in [0.1, 0.15) is 4.91 Å². The van der Waals surface area contributed by atoms with E-state index in [2.05, 4.69) is 29.2 Å². The molecule has 0 aliphatic carbocycles. The lowest BCUT2D eigenvalue weighted by Gasteiger charge is -2.17. The number of nitrogens with zero attached hydrogens (tertiary/aromatic N) is 3. The van der Waals surface area contributed by atoms with Crippen molar-refractivity contribution in [1.29, 1.82) is 0 Å². The Morgan fingerprint density at radius 2 is 1.59 bits per heavy atom. The van der Waals surface area contributed by atoms with E-state index in [4.69, 9.17) is 4.99 Å². The maximum Gasteiger partial charge on any atom is 0.269 e. The number of carbonyl (C=O) groups is 1. The summed E-state index contributed by atoms with van der Waals surface area (Å²) >= 11 is 3.14. The van der Waals surface area contributed by atoms with Crippen LogP contribution < -0.4 is 4.90 Å². The van der Waals surface area contributed by atoms with Crippen molar-refractivity contribution in [2.45, 2.75) is 18.2 Å². The van der Waals surface area contributed by atoms with Gasteiger partial charge >= 0.3 is 0 Å². The molecule has 0 aromatic heterocycles. The van der Waals surface area contributed by atoms with Crippen molar-refractivity contribution in [2.24, 2.45) is 4.99 Å². The predicted molar refractivity (Wildman–Crippen MR) is 135 cm³/mol. The van der Waals surface area contributed by atoms with E-state index in [0.717, 1.165) is 38.5 Å². The molecule has 1 fully saturated rings. The topological polar surface area (TPSA) is 35.9 Å². The summed E-state index contributed by atoms with van der Waals surface area (Å²) in [5.41, 5.74) is 4.33. The fourth-order valence-corrected chi connectivity index (χ4v) is 6.16. The van der Waals surface area contributed by atoms with Crippen molar-refractivity contribution < 1.29 is 4.79 Å². The molecule has 0 spiro atoms. The standard InChI is InChI=1S/C26H23N3OS2/c1-18-10-6-7-13-20(18)27-26-29(17-16-19-11-4-3-5-12-19)24(30)23(32-26)25-28(2)21-14-8-9-15-22(21)31-25/h3-15H,16-17H2,1-2H3/b25-23-,27-26?. The molecule has 3 aromatic carbocycles. The highest BCUT2D eigenvalue weighted by Gasteiger charge is 2.39. The second kappa shape index (κ2) is 8.88. The van der Waals surface area contributed by atoms with Gasteiger partial charge in [-0.15, -0.1) is 0 Å². The third-order valence-electron chi connectivity index (χ3n) is 5.59. The lowest BCUT2D eigenvalue weighted by Crippen LogP contribution is -2.31. The summed E-state index contributed by atoms with van der Waals surface area (Å²) in [5.74, 6) is 0.0282. The van der Waals surface area contributed by atoms with Gasteiger partial charge in [-0.3, -0.25) is 9.69 Å². The number of carbonyl (C=O) groups excluding carboxylic acids is 1. The molecule has 1 amide bonds. The number of aliphatic imine (C=N–C) groups is 1. The first-order valence-electron chi connectivity index (χ1n) is 10.5. The minimum Gasteiger partial charge on any atom is -0.337 e. The highest BCUT2D eigenvalue weighted by Crippen LogP contribution is 2.50. The number of thioether (sulfide) groups is 2. The predicted octanol–water partition coefficient (Wildman–Crippen LogP) is 6.21. The van der Waals surface area contributed by atoms with Crippen LogP contribution in [-0.2, 0) is 11.2 Å². The fourth-order valence-electron chi connectivity index (χ4n) is 3.79. The molecule has 6 heteroatoms. The van der Waals surface area contributed by atoms with Crippen LogP contribution in [0.15, 0.2) is 98.7 Å². The SMILES string of the molecule is Cc1ccccc1N=C1S/C(=C2\Sc3ccccc3N2C)C(=O)N1CCc1ccccc1. The molecule has 0 N–H and O–H groups in total. The Hall–Kier alpha value is -2.96. The molecule has 0 unspecified atom stereocenters. The van der Waals surface area contributed by atoms with E-state index in [9.17, 15) is 4.79 Å². The Morgan fingerprint density at radius 1 is 0.875 bits per heavy atom. The highest BCUT2D eigenvalue weighted by molar-refractivity contribution is 8.19. The van der Waals surface area contributed by atoms with Crippen molar-refractivity contribution in [3.05, 3.63) is 99.9 Å².